The van der Waals surface area contributed by atoms with E-state index in [9.17, 15) is 23.3 Å². The van der Waals surface area contributed by atoms with Gasteiger partial charge in [-0.3, -0.25) is 10.1 Å². The number of halogens is 3. The molecule has 1 aromatic heterocycles. The van der Waals surface area contributed by atoms with Crippen LogP contribution in [-0.2, 0) is 6.18 Å². The van der Waals surface area contributed by atoms with Crippen LogP contribution >= 0.6 is 0 Å². The highest BCUT2D eigenvalue weighted by atomic mass is 19.4. The van der Waals surface area contributed by atoms with E-state index in [1.807, 2.05) is 0 Å². The molecule has 0 saturated carbocycles. The SMILES string of the molecule is COc1ncnc(Oc2cccc(C(F)(F)F)c2)c1[N+](=O)[O-]. The van der Waals surface area contributed by atoms with E-state index < -0.39 is 28.2 Å². The van der Waals surface area contributed by atoms with E-state index in [0.29, 0.717) is 6.07 Å². The lowest BCUT2D eigenvalue weighted by molar-refractivity contribution is -0.387. The molecule has 0 amide bonds. The van der Waals surface area contributed by atoms with Crippen molar-refractivity contribution in [3.8, 4) is 17.5 Å². The van der Waals surface area contributed by atoms with Crippen LogP contribution in [0.2, 0.25) is 0 Å². The average Bonchev–Trinajstić information content (AvgIpc) is 2.46. The van der Waals surface area contributed by atoms with E-state index in [1.165, 1.54) is 6.07 Å². The van der Waals surface area contributed by atoms with Crippen LogP contribution in [0, 0.1) is 10.1 Å². The van der Waals surface area contributed by atoms with Gasteiger partial charge in [-0.05, 0) is 18.2 Å². The molecule has 22 heavy (non-hydrogen) atoms. The fourth-order valence-electron chi connectivity index (χ4n) is 1.58. The molecular weight excluding hydrogens is 307 g/mol. The number of nitrogens with zero attached hydrogens (tertiary/aromatic N) is 3. The van der Waals surface area contributed by atoms with Crippen LogP contribution in [0.25, 0.3) is 0 Å². The average molecular weight is 315 g/mol. The maximum Gasteiger partial charge on any atom is 0.416 e. The fourth-order valence-corrected chi connectivity index (χ4v) is 1.58. The second-order valence-electron chi connectivity index (χ2n) is 3.92. The summed E-state index contributed by atoms with van der Waals surface area (Å²) >= 11 is 0. The highest BCUT2D eigenvalue weighted by Gasteiger charge is 2.31. The van der Waals surface area contributed by atoms with Crippen LogP contribution < -0.4 is 9.47 Å². The summed E-state index contributed by atoms with van der Waals surface area (Å²) in [6, 6.07) is 3.89. The van der Waals surface area contributed by atoms with E-state index in [2.05, 4.69) is 9.97 Å². The quantitative estimate of drug-likeness (QED) is 0.636. The molecule has 0 bridgehead atoms. The van der Waals surface area contributed by atoms with Crippen molar-refractivity contribution in [1.29, 1.82) is 0 Å². The van der Waals surface area contributed by atoms with Gasteiger partial charge in [-0.15, -0.1) is 0 Å². The standard InChI is InChI=1S/C12H8F3N3O4/c1-21-10-9(18(19)20)11(17-6-16-10)22-8-4-2-3-7(5-8)12(13,14)15/h2-6H,1H3. The lowest BCUT2D eigenvalue weighted by Crippen LogP contribution is -2.05. The van der Waals surface area contributed by atoms with Crippen molar-refractivity contribution in [1.82, 2.24) is 9.97 Å². The molecule has 0 radical (unpaired) electrons. The van der Waals surface area contributed by atoms with E-state index in [1.54, 1.807) is 0 Å². The Labute approximate surface area is 121 Å². The zero-order valence-corrected chi connectivity index (χ0v) is 11.0. The minimum Gasteiger partial charge on any atom is -0.476 e. The van der Waals surface area contributed by atoms with Crippen molar-refractivity contribution in [2.75, 3.05) is 7.11 Å². The van der Waals surface area contributed by atoms with Crippen LogP contribution in [0.3, 0.4) is 0 Å². The second-order valence-corrected chi connectivity index (χ2v) is 3.92. The number of aromatic nitrogens is 2. The molecule has 0 unspecified atom stereocenters. The molecular formula is C12H8F3N3O4. The van der Waals surface area contributed by atoms with Gasteiger partial charge in [-0.2, -0.15) is 23.1 Å². The first-order valence-electron chi connectivity index (χ1n) is 5.71. The largest absolute Gasteiger partial charge is 0.476 e. The van der Waals surface area contributed by atoms with Gasteiger partial charge in [0.15, 0.2) is 0 Å². The Hall–Kier alpha value is -2.91. The Morgan fingerprint density at radius 3 is 2.50 bits per heavy atom. The summed E-state index contributed by atoms with van der Waals surface area (Å²) in [5.41, 5.74) is -1.63. The Morgan fingerprint density at radius 2 is 1.91 bits per heavy atom. The van der Waals surface area contributed by atoms with Crippen LogP contribution in [0.1, 0.15) is 5.56 Å². The smallest absolute Gasteiger partial charge is 0.416 e. The third kappa shape index (κ3) is 3.22. The number of nitro groups is 1. The van der Waals surface area contributed by atoms with Crippen molar-refractivity contribution in [2.24, 2.45) is 0 Å². The Bertz CT molecular complexity index is 706. The molecule has 0 saturated heterocycles. The van der Waals surface area contributed by atoms with Crippen molar-refractivity contribution in [3.05, 3.63) is 46.3 Å². The third-order valence-electron chi connectivity index (χ3n) is 2.51. The lowest BCUT2D eigenvalue weighted by Gasteiger charge is -2.10. The summed E-state index contributed by atoms with van der Waals surface area (Å²) in [5.74, 6) is -1.13. The first kappa shape index (κ1) is 15.5. The third-order valence-corrected chi connectivity index (χ3v) is 2.51. The number of hydrogen-bond donors (Lipinski definition) is 0. The maximum atomic E-state index is 12.6. The number of ether oxygens (including phenoxy) is 2. The predicted octanol–water partition coefficient (Wildman–Crippen LogP) is 3.20. The molecule has 10 heteroatoms. The minimum absolute atomic E-state index is 0.251. The Morgan fingerprint density at radius 1 is 1.23 bits per heavy atom. The summed E-state index contributed by atoms with van der Waals surface area (Å²) in [5, 5.41) is 11.0. The van der Waals surface area contributed by atoms with E-state index in [4.69, 9.17) is 9.47 Å². The van der Waals surface area contributed by atoms with E-state index in [0.717, 1.165) is 25.6 Å². The van der Waals surface area contributed by atoms with Gasteiger partial charge in [0.2, 0.25) is 0 Å². The van der Waals surface area contributed by atoms with Gasteiger partial charge in [-0.25, -0.2) is 0 Å². The molecule has 2 aromatic rings. The predicted molar refractivity (Wildman–Crippen MR) is 66.8 cm³/mol. The van der Waals surface area contributed by atoms with Crippen molar-refractivity contribution < 1.29 is 27.6 Å². The van der Waals surface area contributed by atoms with Gasteiger partial charge in [-0.1, -0.05) is 6.07 Å². The molecule has 0 aliphatic heterocycles. The second kappa shape index (κ2) is 5.84. The monoisotopic (exact) mass is 315 g/mol. The van der Waals surface area contributed by atoms with Gasteiger partial charge in [0.25, 0.3) is 0 Å². The van der Waals surface area contributed by atoms with Crippen LogP contribution in [-0.4, -0.2) is 22.0 Å². The normalized spacial score (nSPS) is 11.1. The van der Waals surface area contributed by atoms with Crippen LogP contribution in [0.5, 0.6) is 17.5 Å². The fraction of sp³-hybridized carbons (Fsp3) is 0.167. The molecule has 0 aliphatic carbocycles. The summed E-state index contributed by atoms with van der Waals surface area (Å²) in [6.45, 7) is 0. The first-order valence-corrected chi connectivity index (χ1v) is 5.71. The summed E-state index contributed by atoms with van der Waals surface area (Å²) in [7, 11) is 1.16. The first-order chi connectivity index (χ1) is 10.3. The van der Waals surface area contributed by atoms with Gasteiger partial charge >= 0.3 is 23.6 Å². The number of hydrogen-bond acceptors (Lipinski definition) is 6. The number of benzene rings is 1. The van der Waals surface area contributed by atoms with Gasteiger partial charge in [0, 0.05) is 0 Å². The summed E-state index contributed by atoms with van der Waals surface area (Å²) in [4.78, 5) is 17.3. The maximum absolute atomic E-state index is 12.6. The van der Waals surface area contributed by atoms with Crippen LogP contribution in [0.15, 0.2) is 30.6 Å². The molecule has 0 atom stereocenters. The molecule has 0 N–H and O–H groups in total. The van der Waals surface area contributed by atoms with Gasteiger partial charge in [0.1, 0.15) is 12.1 Å². The molecule has 0 aliphatic rings. The number of rotatable bonds is 4. The van der Waals surface area contributed by atoms with E-state index in [-0.39, 0.29) is 11.6 Å². The Balaban J connectivity index is 2.42. The Kier molecular flexibility index (Phi) is 4.11. The lowest BCUT2D eigenvalue weighted by atomic mass is 10.2. The molecule has 2 rings (SSSR count). The molecule has 1 aromatic carbocycles. The number of alkyl halides is 3. The highest BCUT2D eigenvalue weighted by molar-refractivity contribution is 5.50. The van der Waals surface area contributed by atoms with Crippen molar-refractivity contribution in [3.63, 3.8) is 0 Å². The van der Waals surface area contributed by atoms with Gasteiger partial charge in [0.05, 0.1) is 17.6 Å². The molecule has 1 heterocycles. The molecule has 116 valence electrons. The van der Waals surface area contributed by atoms with Crippen LogP contribution in [0.4, 0.5) is 18.9 Å². The van der Waals surface area contributed by atoms with Gasteiger partial charge < -0.3 is 9.47 Å². The minimum atomic E-state index is -4.56. The molecule has 7 nitrogen and oxygen atoms in total. The van der Waals surface area contributed by atoms with Crippen molar-refractivity contribution >= 4 is 5.69 Å². The molecule has 0 spiro atoms. The summed E-state index contributed by atoms with van der Waals surface area (Å²) in [6.07, 6.45) is -3.62. The zero-order valence-electron chi connectivity index (χ0n) is 11.0. The zero-order chi connectivity index (χ0) is 16.3. The highest BCUT2D eigenvalue weighted by Crippen LogP contribution is 2.37. The topological polar surface area (TPSA) is 87.4 Å². The van der Waals surface area contributed by atoms with Crippen molar-refractivity contribution in [2.45, 2.75) is 6.18 Å². The van der Waals surface area contributed by atoms with E-state index >= 15 is 0 Å². The summed E-state index contributed by atoms with van der Waals surface area (Å²) < 4.78 is 47.7. The molecule has 0 fully saturated rings. The number of methoxy groups -OCH3 is 1.